The smallest absolute Gasteiger partial charge is 0.399 e. The lowest BCUT2D eigenvalue weighted by molar-refractivity contribution is 0.00578. The molecule has 2 aliphatic heterocycles. The average molecular weight is 317 g/mol. The Kier molecular flexibility index (Phi) is 4.42. The zero-order valence-corrected chi connectivity index (χ0v) is 14.9. The van der Waals surface area contributed by atoms with Gasteiger partial charge in [0.2, 0.25) is 0 Å². The summed E-state index contributed by atoms with van der Waals surface area (Å²) in [6, 6.07) is 2.61. The summed E-state index contributed by atoms with van der Waals surface area (Å²) in [6.45, 7) is 12.5. The number of nitrogens with one attached hydrogen (secondary N) is 2. The highest BCUT2D eigenvalue weighted by Crippen LogP contribution is 2.36. The van der Waals surface area contributed by atoms with E-state index >= 15 is 0 Å². The summed E-state index contributed by atoms with van der Waals surface area (Å²) in [7, 11) is -0.347. The monoisotopic (exact) mass is 317 g/mol. The number of hydrogen-bond acceptors (Lipinski definition) is 5. The highest BCUT2D eigenvalue weighted by Gasteiger charge is 2.52. The van der Waals surface area contributed by atoms with Gasteiger partial charge in [-0.15, -0.1) is 0 Å². The quantitative estimate of drug-likeness (QED) is 0.834. The van der Waals surface area contributed by atoms with Gasteiger partial charge in [0.05, 0.1) is 11.2 Å². The molecule has 5 nitrogen and oxygen atoms in total. The first-order valence-corrected chi connectivity index (χ1v) is 8.58. The SMILES string of the molecule is Cc1cc(NC2CCNCC2)ncc1B1OC(C)(C)C(C)(C)O1. The third-order valence-electron chi connectivity index (χ3n) is 5.35. The van der Waals surface area contributed by atoms with Crippen molar-refractivity contribution in [1.29, 1.82) is 0 Å². The van der Waals surface area contributed by atoms with Crippen molar-refractivity contribution in [3.05, 3.63) is 17.8 Å². The summed E-state index contributed by atoms with van der Waals surface area (Å²) in [5, 5.41) is 6.92. The number of rotatable bonds is 3. The second-order valence-corrected chi connectivity index (χ2v) is 7.68. The van der Waals surface area contributed by atoms with Gasteiger partial charge in [0.25, 0.3) is 0 Å². The van der Waals surface area contributed by atoms with Crippen LogP contribution >= 0.6 is 0 Å². The van der Waals surface area contributed by atoms with Gasteiger partial charge in [0, 0.05) is 17.7 Å². The molecule has 2 saturated heterocycles. The summed E-state index contributed by atoms with van der Waals surface area (Å²) >= 11 is 0. The molecular weight excluding hydrogens is 289 g/mol. The Balaban J connectivity index is 1.72. The highest BCUT2D eigenvalue weighted by molar-refractivity contribution is 6.62. The van der Waals surface area contributed by atoms with Crippen LogP contribution in [0.25, 0.3) is 0 Å². The third-order valence-corrected chi connectivity index (χ3v) is 5.35. The van der Waals surface area contributed by atoms with Gasteiger partial charge in [-0.1, -0.05) is 0 Å². The van der Waals surface area contributed by atoms with Gasteiger partial charge in [-0.2, -0.15) is 0 Å². The van der Waals surface area contributed by atoms with Crippen LogP contribution in [0, 0.1) is 6.92 Å². The molecule has 0 aliphatic carbocycles. The first-order chi connectivity index (χ1) is 10.8. The average Bonchev–Trinajstić information content (AvgIpc) is 2.68. The second kappa shape index (κ2) is 6.08. The fourth-order valence-corrected chi connectivity index (χ4v) is 3.04. The Morgan fingerprint density at radius 2 is 1.78 bits per heavy atom. The molecule has 0 atom stereocenters. The fraction of sp³-hybridized carbons (Fsp3) is 0.706. The molecule has 0 amide bonds. The molecular formula is C17H28BN3O2. The molecule has 3 heterocycles. The number of aryl methyl sites for hydroxylation is 1. The Bertz CT molecular complexity index is 555. The van der Waals surface area contributed by atoms with E-state index in [2.05, 4.69) is 56.3 Å². The Morgan fingerprint density at radius 1 is 1.17 bits per heavy atom. The number of hydrogen-bond donors (Lipinski definition) is 2. The van der Waals surface area contributed by atoms with E-state index in [0.29, 0.717) is 6.04 Å². The largest absolute Gasteiger partial charge is 0.496 e. The van der Waals surface area contributed by atoms with E-state index in [0.717, 1.165) is 42.8 Å². The minimum Gasteiger partial charge on any atom is -0.399 e. The predicted octanol–water partition coefficient (Wildman–Crippen LogP) is 1.85. The molecule has 0 spiro atoms. The maximum absolute atomic E-state index is 6.13. The van der Waals surface area contributed by atoms with E-state index in [9.17, 15) is 0 Å². The van der Waals surface area contributed by atoms with Crippen LogP contribution in [0.1, 0.15) is 46.1 Å². The summed E-state index contributed by atoms with van der Waals surface area (Å²) in [4.78, 5) is 4.58. The minimum atomic E-state index is -0.347. The first-order valence-electron chi connectivity index (χ1n) is 8.58. The van der Waals surface area contributed by atoms with Crippen molar-refractivity contribution in [1.82, 2.24) is 10.3 Å². The normalized spacial score (nSPS) is 24.0. The zero-order chi connectivity index (χ0) is 16.7. The van der Waals surface area contributed by atoms with Crippen LogP contribution < -0.4 is 16.1 Å². The van der Waals surface area contributed by atoms with Crippen LogP contribution in [0.4, 0.5) is 5.82 Å². The Hall–Kier alpha value is -1.11. The molecule has 126 valence electrons. The summed E-state index contributed by atoms with van der Waals surface area (Å²) < 4.78 is 12.3. The van der Waals surface area contributed by atoms with Crippen LogP contribution in [0.3, 0.4) is 0 Å². The number of piperidine rings is 1. The molecule has 6 heteroatoms. The molecule has 3 rings (SSSR count). The predicted molar refractivity (Wildman–Crippen MR) is 94.2 cm³/mol. The first kappa shape index (κ1) is 16.7. The molecule has 1 aromatic heterocycles. The standard InChI is InChI=1S/C17H28BN3O2/c1-12-10-15(21-13-6-8-19-9-7-13)20-11-14(12)18-22-16(2,3)17(4,5)23-18/h10-11,13,19H,6-9H2,1-5H3,(H,20,21). The maximum atomic E-state index is 6.13. The van der Waals surface area contributed by atoms with Crippen LogP contribution in [0.5, 0.6) is 0 Å². The van der Waals surface area contributed by atoms with Crippen molar-refractivity contribution in [2.75, 3.05) is 18.4 Å². The van der Waals surface area contributed by atoms with E-state index in [1.54, 1.807) is 0 Å². The molecule has 0 bridgehead atoms. The lowest BCUT2D eigenvalue weighted by atomic mass is 9.77. The van der Waals surface area contributed by atoms with Gasteiger partial charge >= 0.3 is 7.12 Å². The lowest BCUT2D eigenvalue weighted by Gasteiger charge is -2.32. The van der Waals surface area contributed by atoms with Crippen molar-refractivity contribution in [2.24, 2.45) is 0 Å². The van der Waals surface area contributed by atoms with Crippen molar-refractivity contribution in [2.45, 2.75) is 64.7 Å². The fourth-order valence-electron chi connectivity index (χ4n) is 3.04. The molecule has 0 saturated carbocycles. The van der Waals surface area contributed by atoms with Crippen molar-refractivity contribution in [3.63, 3.8) is 0 Å². The van der Waals surface area contributed by atoms with Gasteiger partial charge in [0.15, 0.2) is 0 Å². The third kappa shape index (κ3) is 3.39. The van der Waals surface area contributed by atoms with Crippen molar-refractivity contribution < 1.29 is 9.31 Å². The van der Waals surface area contributed by atoms with Gasteiger partial charge in [-0.25, -0.2) is 4.98 Å². The second-order valence-electron chi connectivity index (χ2n) is 7.68. The molecule has 23 heavy (non-hydrogen) atoms. The summed E-state index contributed by atoms with van der Waals surface area (Å²) in [6.07, 6.45) is 4.17. The number of pyridine rings is 1. The summed E-state index contributed by atoms with van der Waals surface area (Å²) in [5.74, 6) is 0.940. The highest BCUT2D eigenvalue weighted by atomic mass is 16.7. The number of nitrogens with zero attached hydrogens (tertiary/aromatic N) is 1. The Morgan fingerprint density at radius 3 is 2.35 bits per heavy atom. The van der Waals surface area contributed by atoms with Crippen molar-refractivity contribution in [3.8, 4) is 0 Å². The van der Waals surface area contributed by atoms with Gasteiger partial charge in [-0.3, -0.25) is 0 Å². The zero-order valence-electron chi connectivity index (χ0n) is 14.9. The van der Waals surface area contributed by atoms with E-state index < -0.39 is 0 Å². The van der Waals surface area contributed by atoms with Gasteiger partial charge < -0.3 is 19.9 Å². The van der Waals surface area contributed by atoms with Crippen molar-refractivity contribution >= 4 is 18.4 Å². The lowest BCUT2D eigenvalue weighted by Crippen LogP contribution is -2.41. The summed E-state index contributed by atoms with van der Waals surface area (Å²) in [5.41, 5.74) is 1.51. The molecule has 0 aromatic carbocycles. The van der Waals surface area contributed by atoms with Gasteiger partial charge in [-0.05, 0) is 72.2 Å². The minimum absolute atomic E-state index is 0.323. The van der Waals surface area contributed by atoms with E-state index in [1.165, 1.54) is 0 Å². The van der Waals surface area contributed by atoms with E-state index in [4.69, 9.17) is 9.31 Å². The number of anilines is 1. The van der Waals surface area contributed by atoms with Crippen LogP contribution in [-0.4, -0.2) is 42.4 Å². The maximum Gasteiger partial charge on any atom is 0.496 e. The number of aromatic nitrogens is 1. The topological polar surface area (TPSA) is 55.4 Å². The van der Waals surface area contributed by atoms with E-state index in [1.807, 2.05) is 6.20 Å². The van der Waals surface area contributed by atoms with Crippen LogP contribution in [0.2, 0.25) is 0 Å². The molecule has 0 unspecified atom stereocenters. The molecule has 2 fully saturated rings. The molecule has 1 aromatic rings. The molecule has 2 aliphatic rings. The molecule has 2 N–H and O–H groups in total. The van der Waals surface area contributed by atoms with Gasteiger partial charge in [0.1, 0.15) is 5.82 Å². The Labute approximate surface area is 139 Å². The van der Waals surface area contributed by atoms with Crippen LogP contribution in [-0.2, 0) is 9.31 Å². The van der Waals surface area contributed by atoms with Crippen LogP contribution in [0.15, 0.2) is 12.3 Å². The van der Waals surface area contributed by atoms with E-state index in [-0.39, 0.29) is 18.3 Å². The molecule has 0 radical (unpaired) electrons.